The van der Waals surface area contributed by atoms with Crippen molar-refractivity contribution >= 4 is 23.9 Å². The van der Waals surface area contributed by atoms with Gasteiger partial charge in [0.2, 0.25) is 5.91 Å². The minimum atomic E-state index is -0.760. The molecule has 0 aliphatic heterocycles. The summed E-state index contributed by atoms with van der Waals surface area (Å²) in [5.41, 5.74) is 0.308. The molecule has 0 radical (unpaired) electrons. The number of hydrogen-bond acceptors (Lipinski definition) is 5. The summed E-state index contributed by atoms with van der Waals surface area (Å²) in [5.74, 6) is -1.45. The third-order valence-electron chi connectivity index (χ3n) is 3.62. The van der Waals surface area contributed by atoms with Gasteiger partial charge >= 0.3 is 5.97 Å². The number of carbonyl (C=O) groups is 3. The van der Waals surface area contributed by atoms with Gasteiger partial charge < -0.3 is 19.8 Å². The molecule has 0 aliphatic rings. The Morgan fingerprint density at radius 2 is 1.96 bits per heavy atom. The molecule has 8 heteroatoms. The number of rotatable bonds is 8. The van der Waals surface area contributed by atoms with Crippen molar-refractivity contribution in [3.8, 4) is 11.3 Å². The first-order chi connectivity index (χ1) is 13.4. The zero-order valence-electron chi connectivity index (χ0n) is 15.5. The van der Waals surface area contributed by atoms with Crippen LogP contribution in [0.5, 0.6) is 0 Å². The largest absolute Gasteiger partial charge is 0.457 e. The number of ether oxygens (including phenoxy) is 1. The van der Waals surface area contributed by atoms with Crippen LogP contribution in [0.3, 0.4) is 0 Å². The highest BCUT2D eigenvalue weighted by atomic mass is 19.1. The van der Waals surface area contributed by atoms with Gasteiger partial charge in [-0.25, -0.2) is 9.18 Å². The lowest BCUT2D eigenvalue weighted by Crippen LogP contribution is -2.46. The number of benzene rings is 1. The fraction of sp³-hybridized carbons (Fsp3) is 0.250. The maximum absolute atomic E-state index is 13.7. The van der Waals surface area contributed by atoms with E-state index in [1.807, 2.05) is 0 Å². The summed E-state index contributed by atoms with van der Waals surface area (Å²) in [4.78, 5) is 34.9. The number of amides is 2. The smallest absolute Gasteiger partial charge is 0.331 e. The van der Waals surface area contributed by atoms with Crippen LogP contribution in [0.4, 0.5) is 4.39 Å². The summed E-state index contributed by atoms with van der Waals surface area (Å²) < 4.78 is 24.0. The van der Waals surface area contributed by atoms with Crippen molar-refractivity contribution in [3.63, 3.8) is 0 Å². The molecule has 1 aromatic heterocycles. The van der Waals surface area contributed by atoms with E-state index >= 15 is 0 Å². The molecule has 7 nitrogen and oxygen atoms in total. The quantitative estimate of drug-likeness (QED) is 0.534. The average molecular weight is 388 g/mol. The highest BCUT2D eigenvalue weighted by Crippen LogP contribution is 2.25. The van der Waals surface area contributed by atoms with Crippen molar-refractivity contribution in [2.24, 2.45) is 0 Å². The second-order valence-electron chi connectivity index (χ2n) is 5.81. The Kier molecular flexibility index (Phi) is 7.50. The van der Waals surface area contributed by atoms with Crippen molar-refractivity contribution in [3.05, 3.63) is 54.1 Å². The summed E-state index contributed by atoms with van der Waals surface area (Å²) >= 11 is 0. The molecule has 0 unspecified atom stereocenters. The first-order valence-electron chi connectivity index (χ1n) is 8.67. The number of furan rings is 1. The van der Waals surface area contributed by atoms with Gasteiger partial charge in [-0.3, -0.25) is 9.59 Å². The van der Waals surface area contributed by atoms with Gasteiger partial charge in [-0.15, -0.1) is 0 Å². The van der Waals surface area contributed by atoms with E-state index in [1.165, 1.54) is 19.1 Å². The molecule has 148 valence electrons. The molecule has 2 rings (SSSR count). The predicted molar refractivity (Wildman–Crippen MR) is 100 cm³/mol. The zero-order valence-corrected chi connectivity index (χ0v) is 15.5. The molecule has 0 fully saturated rings. The van der Waals surface area contributed by atoms with Crippen LogP contribution in [0.1, 0.15) is 19.6 Å². The highest BCUT2D eigenvalue weighted by molar-refractivity contribution is 5.91. The molecule has 2 N–H and O–H groups in total. The molecule has 0 spiro atoms. The van der Waals surface area contributed by atoms with Crippen LogP contribution in [-0.4, -0.2) is 37.0 Å². The van der Waals surface area contributed by atoms with Gasteiger partial charge in [0.15, 0.2) is 6.61 Å². The van der Waals surface area contributed by atoms with Crippen LogP contribution in [0.15, 0.2) is 46.9 Å². The Bertz CT molecular complexity index is 875. The Morgan fingerprint density at radius 3 is 2.68 bits per heavy atom. The topological polar surface area (TPSA) is 97.6 Å². The SMILES string of the molecule is CCNC(=O)[C@H](C)NC(=O)COC(=O)/C=C/c1ccc(-c2ccccc2F)o1. The van der Waals surface area contributed by atoms with Crippen LogP contribution in [0, 0.1) is 5.82 Å². The number of hydrogen-bond donors (Lipinski definition) is 2. The molecule has 1 atom stereocenters. The zero-order chi connectivity index (χ0) is 20.5. The molecule has 0 saturated heterocycles. The molecule has 0 saturated carbocycles. The highest BCUT2D eigenvalue weighted by Gasteiger charge is 2.15. The minimum absolute atomic E-state index is 0.308. The van der Waals surface area contributed by atoms with E-state index in [0.29, 0.717) is 23.6 Å². The third-order valence-corrected chi connectivity index (χ3v) is 3.62. The van der Waals surface area contributed by atoms with Crippen LogP contribution in [0.25, 0.3) is 17.4 Å². The second-order valence-corrected chi connectivity index (χ2v) is 5.81. The Hall–Kier alpha value is -3.42. The van der Waals surface area contributed by atoms with Crippen LogP contribution < -0.4 is 10.6 Å². The fourth-order valence-electron chi connectivity index (χ4n) is 2.26. The summed E-state index contributed by atoms with van der Waals surface area (Å²) in [5, 5.41) is 4.98. The van der Waals surface area contributed by atoms with Gasteiger partial charge in [-0.05, 0) is 44.2 Å². The Labute approximate surface area is 161 Å². The molecule has 1 aromatic carbocycles. The van der Waals surface area contributed by atoms with E-state index < -0.39 is 30.3 Å². The van der Waals surface area contributed by atoms with E-state index in [1.54, 1.807) is 37.3 Å². The van der Waals surface area contributed by atoms with Gasteiger partial charge in [-0.1, -0.05) is 12.1 Å². The molecule has 2 aromatic rings. The van der Waals surface area contributed by atoms with E-state index in [-0.39, 0.29) is 5.91 Å². The lowest BCUT2D eigenvalue weighted by atomic mass is 10.1. The first-order valence-corrected chi connectivity index (χ1v) is 8.67. The predicted octanol–water partition coefficient (Wildman–Crippen LogP) is 2.28. The van der Waals surface area contributed by atoms with E-state index in [4.69, 9.17) is 9.15 Å². The number of esters is 1. The molecule has 28 heavy (non-hydrogen) atoms. The molecular formula is C20H21FN2O5. The molecule has 0 bridgehead atoms. The normalized spacial score (nSPS) is 11.8. The van der Waals surface area contributed by atoms with Crippen molar-refractivity contribution in [2.45, 2.75) is 19.9 Å². The van der Waals surface area contributed by atoms with Gasteiger partial charge in [0.1, 0.15) is 23.4 Å². The summed E-state index contributed by atoms with van der Waals surface area (Å²) in [7, 11) is 0. The maximum Gasteiger partial charge on any atom is 0.331 e. The van der Waals surface area contributed by atoms with E-state index in [2.05, 4.69) is 10.6 Å². The van der Waals surface area contributed by atoms with Crippen molar-refractivity contribution < 1.29 is 27.9 Å². The summed E-state index contributed by atoms with van der Waals surface area (Å²) in [6.07, 6.45) is 2.44. The summed E-state index contributed by atoms with van der Waals surface area (Å²) in [6.45, 7) is 3.21. The maximum atomic E-state index is 13.7. The number of halogens is 1. The monoisotopic (exact) mass is 388 g/mol. The van der Waals surface area contributed by atoms with Gasteiger partial charge in [0.05, 0.1) is 5.56 Å². The number of likely N-dealkylation sites (N-methyl/N-ethyl adjacent to an activating group) is 1. The van der Waals surface area contributed by atoms with Crippen LogP contribution >= 0.6 is 0 Å². The van der Waals surface area contributed by atoms with Crippen LogP contribution in [0.2, 0.25) is 0 Å². The average Bonchev–Trinajstić information content (AvgIpc) is 3.14. The minimum Gasteiger partial charge on any atom is -0.457 e. The molecule has 0 aliphatic carbocycles. The van der Waals surface area contributed by atoms with Crippen molar-refractivity contribution in [2.75, 3.05) is 13.2 Å². The Balaban J connectivity index is 1.83. The number of carbonyl (C=O) groups excluding carboxylic acids is 3. The molecular weight excluding hydrogens is 367 g/mol. The van der Waals surface area contributed by atoms with Crippen molar-refractivity contribution in [1.29, 1.82) is 0 Å². The second kappa shape index (κ2) is 10.1. The lowest BCUT2D eigenvalue weighted by molar-refractivity contribution is -0.144. The van der Waals surface area contributed by atoms with Crippen LogP contribution in [-0.2, 0) is 19.1 Å². The van der Waals surface area contributed by atoms with Gasteiger partial charge in [0.25, 0.3) is 5.91 Å². The van der Waals surface area contributed by atoms with E-state index in [0.717, 1.165) is 6.08 Å². The Morgan fingerprint density at radius 1 is 1.21 bits per heavy atom. The molecule has 2 amide bonds. The fourth-order valence-corrected chi connectivity index (χ4v) is 2.26. The molecule has 1 heterocycles. The van der Waals surface area contributed by atoms with E-state index in [9.17, 15) is 18.8 Å². The van der Waals surface area contributed by atoms with Gasteiger partial charge in [-0.2, -0.15) is 0 Å². The third kappa shape index (κ3) is 6.08. The lowest BCUT2D eigenvalue weighted by Gasteiger charge is -2.12. The number of nitrogens with one attached hydrogen (secondary N) is 2. The first kappa shape index (κ1) is 20.9. The standard InChI is InChI=1S/C20H21FN2O5/c1-3-22-20(26)13(2)23-18(24)12-27-19(25)11-9-14-8-10-17(28-14)15-6-4-5-7-16(15)21/h4-11,13H,3,12H2,1-2H3,(H,22,26)(H,23,24)/b11-9+/t13-/m0/s1. The van der Waals surface area contributed by atoms with Crippen molar-refractivity contribution in [1.82, 2.24) is 10.6 Å². The summed E-state index contributed by atoms with van der Waals surface area (Å²) in [6, 6.07) is 8.59. The van der Waals surface area contributed by atoms with Gasteiger partial charge in [0, 0.05) is 12.6 Å².